The summed E-state index contributed by atoms with van der Waals surface area (Å²) in [7, 11) is 1.61. The Kier molecular flexibility index (Phi) is 4.28. The highest BCUT2D eigenvalue weighted by molar-refractivity contribution is 7.16. The number of benzene rings is 1. The van der Waals surface area contributed by atoms with Crippen LogP contribution < -0.4 is 4.74 Å². The van der Waals surface area contributed by atoms with Crippen LogP contribution in [0.4, 0.5) is 0 Å². The summed E-state index contributed by atoms with van der Waals surface area (Å²) in [6, 6.07) is 8.08. The average molecular weight is 328 g/mol. The second-order valence-corrected chi connectivity index (χ2v) is 6.02. The summed E-state index contributed by atoms with van der Waals surface area (Å²) in [6.45, 7) is 4.89. The summed E-state index contributed by atoms with van der Waals surface area (Å²) in [5, 5.41) is 14.8. The topological polar surface area (TPSA) is 72.4 Å². The molecule has 2 heterocycles. The van der Waals surface area contributed by atoms with E-state index in [2.05, 4.69) is 16.2 Å². The Labute approximate surface area is 137 Å². The molecule has 0 fully saturated rings. The van der Waals surface area contributed by atoms with Crippen molar-refractivity contribution in [1.82, 2.24) is 14.6 Å². The third-order valence-corrected chi connectivity index (χ3v) is 4.19. The zero-order valence-electron chi connectivity index (χ0n) is 13.2. The van der Waals surface area contributed by atoms with Crippen molar-refractivity contribution in [2.45, 2.75) is 20.5 Å². The van der Waals surface area contributed by atoms with Gasteiger partial charge in [0.25, 0.3) is 0 Å². The van der Waals surface area contributed by atoms with Crippen molar-refractivity contribution >= 4 is 16.3 Å². The van der Waals surface area contributed by atoms with E-state index < -0.39 is 0 Å². The summed E-state index contributed by atoms with van der Waals surface area (Å²) in [5.41, 5.74) is 2.90. The Bertz CT molecular complexity index is 891. The van der Waals surface area contributed by atoms with Gasteiger partial charge in [-0.15, -0.1) is 0 Å². The van der Waals surface area contributed by atoms with E-state index >= 15 is 0 Å². The molecule has 23 heavy (non-hydrogen) atoms. The maximum atomic E-state index is 9.58. The lowest BCUT2D eigenvalue weighted by molar-refractivity contribution is 0.183. The predicted molar refractivity (Wildman–Crippen MR) is 87.6 cm³/mol. The molecule has 6 nitrogen and oxygen atoms in total. The quantitative estimate of drug-likeness (QED) is 0.719. The fourth-order valence-corrected chi connectivity index (χ4v) is 3.23. The molecule has 0 aliphatic rings. The molecular formula is C16H16N4O2S. The van der Waals surface area contributed by atoms with E-state index in [1.54, 1.807) is 11.6 Å². The van der Waals surface area contributed by atoms with E-state index in [9.17, 15) is 5.26 Å². The average Bonchev–Trinajstić information content (AvgIpc) is 3.06. The Morgan fingerprint density at radius 3 is 2.91 bits per heavy atom. The van der Waals surface area contributed by atoms with E-state index in [1.165, 1.54) is 11.3 Å². The number of aryl methyl sites for hydroxylation is 1. The summed E-state index contributed by atoms with van der Waals surface area (Å²) in [4.78, 5) is 5.28. The zero-order valence-corrected chi connectivity index (χ0v) is 14.0. The second-order valence-electron chi connectivity index (χ2n) is 4.98. The lowest BCUT2D eigenvalue weighted by Gasteiger charge is -2.09. The van der Waals surface area contributed by atoms with E-state index in [4.69, 9.17) is 9.47 Å². The Balaban J connectivity index is 2.19. The fourth-order valence-electron chi connectivity index (χ4n) is 2.37. The van der Waals surface area contributed by atoms with Crippen LogP contribution in [0.15, 0.2) is 18.2 Å². The van der Waals surface area contributed by atoms with Crippen LogP contribution in [0.3, 0.4) is 0 Å². The monoisotopic (exact) mass is 328 g/mol. The number of nitriles is 1. The number of imidazole rings is 1. The molecule has 0 atom stereocenters. The zero-order chi connectivity index (χ0) is 16.4. The van der Waals surface area contributed by atoms with Gasteiger partial charge in [-0.1, -0.05) is 23.0 Å². The van der Waals surface area contributed by atoms with Gasteiger partial charge in [0, 0.05) is 12.7 Å². The van der Waals surface area contributed by atoms with Crippen LogP contribution in [0.1, 0.15) is 23.2 Å². The molecule has 0 saturated carbocycles. The number of methoxy groups -OCH3 is 1. The Hall–Kier alpha value is -2.43. The number of ether oxygens (including phenoxy) is 2. The lowest BCUT2D eigenvalue weighted by atomic mass is 10.1. The van der Waals surface area contributed by atoms with Gasteiger partial charge in [-0.3, -0.25) is 0 Å². The minimum atomic E-state index is 0.406. The molecule has 0 aliphatic heterocycles. The molecule has 0 saturated heterocycles. The molecule has 0 radical (unpaired) electrons. The van der Waals surface area contributed by atoms with Gasteiger partial charge in [-0.2, -0.15) is 14.9 Å². The third kappa shape index (κ3) is 2.79. The van der Waals surface area contributed by atoms with Crippen LogP contribution in [0.5, 0.6) is 5.75 Å². The van der Waals surface area contributed by atoms with Crippen molar-refractivity contribution in [1.29, 1.82) is 5.26 Å². The van der Waals surface area contributed by atoms with Crippen molar-refractivity contribution in [3.05, 3.63) is 34.5 Å². The van der Waals surface area contributed by atoms with Gasteiger partial charge >= 0.3 is 0 Å². The molecule has 0 unspecified atom stereocenters. The molecule has 7 heteroatoms. The van der Waals surface area contributed by atoms with Gasteiger partial charge in [0.05, 0.1) is 13.2 Å². The summed E-state index contributed by atoms with van der Waals surface area (Å²) in [6.07, 6.45) is 0. The van der Waals surface area contributed by atoms with Crippen LogP contribution in [-0.2, 0) is 11.3 Å². The molecule has 0 bridgehead atoms. The van der Waals surface area contributed by atoms with Gasteiger partial charge in [-0.25, -0.2) is 4.98 Å². The van der Waals surface area contributed by atoms with Crippen molar-refractivity contribution in [3.63, 3.8) is 0 Å². The minimum absolute atomic E-state index is 0.406. The van der Waals surface area contributed by atoms with Crippen molar-refractivity contribution in [2.24, 2.45) is 0 Å². The molecule has 1 aromatic carbocycles. The first-order valence-corrected chi connectivity index (χ1v) is 8.00. The largest absolute Gasteiger partial charge is 0.493 e. The van der Waals surface area contributed by atoms with Gasteiger partial charge < -0.3 is 9.47 Å². The minimum Gasteiger partial charge on any atom is -0.493 e. The van der Waals surface area contributed by atoms with Gasteiger partial charge in [0.1, 0.15) is 22.5 Å². The van der Waals surface area contributed by atoms with Crippen LogP contribution in [0.2, 0.25) is 0 Å². The lowest BCUT2D eigenvalue weighted by Crippen LogP contribution is -1.97. The molecular weight excluding hydrogens is 312 g/mol. The van der Waals surface area contributed by atoms with Gasteiger partial charge in [-0.05, 0) is 26.0 Å². The van der Waals surface area contributed by atoms with Crippen LogP contribution in [0, 0.1) is 18.3 Å². The maximum Gasteiger partial charge on any atom is 0.214 e. The predicted octanol–water partition coefficient (Wildman–Crippen LogP) is 3.18. The molecule has 0 N–H and O–H groups in total. The smallest absolute Gasteiger partial charge is 0.214 e. The maximum absolute atomic E-state index is 9.58. The first-order chi connectivity index (χ1) is 11.2. The number of aromatic nitrogens is 3. The van der Waals surface area contributed by atoms with Crippen LogP contribution in [-0.4, -0.2) is 28.3 Å². The van der Waals surface area contributed by atoms with Crippen LogP contribution >= 0.6 is 11.3 Å². The summed E-state index contributed by atoms with van der Waals surface area (Å²) >= 11 is 1.41. The first-order valence-electron chi connectivity index (χ1n) is 7.19. The normalized spacial score (nSPS) is 10.9. The highest BCUT2D eigenvalue weighted by Gasteiger charge is 2.20. The molecule has 0 aliphatic carbocycles. The highest BCUT2D eigenvalue weighted by atomic mass is 32.1. The van der Waals surface area contributed by atoms with E-state index in [0.717, 1.165) is 21.9 Å². The van der Waals surface area contributed by atoms with E-state index in [-0.39, 0.29) is 0 Å². The van der Waals surface area contributed by atoms with Crippen molar-refractivity contribution < 1.29 is 9.47 Å². The van der Waals surface area contributed by atoms with E-state index in [1.807, 2.05) is 32.0 Å². The van der Waals surface area contributed by atoms with Crippen LogP contribution in [0.25, 0.3) is 16.2 Å². The third-order valence-electron chi connectivity index (χ3n) is 3.31. The Morgan fingerprint density at radius 2 is 2.22 bits per heavy atom. The van der Waals surface area contributed by atoms with Crippen molar-refractivity contribution in [2.75, 3.05) is 13.7 Å². The highest BCUT2D eigenvalue weighted by Crippen LogP contribution is 2.34. The standard InChI is InChI=1S/C16H16N4O2S/c1-4-22-13-6-5-10(2)7-11(13)15-12(8-17)20-16(18-15)23-14(19-20)9-21-3/h5-7H,4,9H2,1-3H3. The Morgan fingerprint density at radius 1 is 1.39 bits per heavy atom. The summed E-state index contributed by atoms with van der Waals surface area (Å²) in [5.74, 6) is 0.720. The molecule has 0 spiro atoms. The molecule has 2 aromatic heterocycles. The van der Waals surface area contributed by atoms with Crippen molar-refractivity contribution in [3.8, 4) is 23.1 Å². The number of hydrogen-bond donors (Lipinski definition) is 0. The number of nitrogens with zero attached hydrogens (tertiary/aromatic N) is 4. The first kappa shape index (κ1) is 15.5. The number of hydrogen-bond acceptors (Lipinski definition) is 6. The second kappa shape index (κ2) is 6.36. The number of fused-ring (bicyclic) bond motifs is 1. The van der Waals surface area contributed by atoms with E-state index in [0.29, 0.717) is 29.6 Å². The molecule has 118 valence electrons. The molecule has 0 amide bonds. The SMILES string of the molecule is CCOc1ccc(C)cc1-c1nc2sc(COC)nn2c1C#N. The van der Waals surface area contributed by atoms with Gasteiger partial charge in [0.15, 0.2) is 5.69 Å². The fraction of sp³-hybridized carbons (Fsp3) is 0.312. The molecule has 3 rings (SSSR count). The summed E-state index contributed by atoms with van der Waals surface area (Å²) < 4.78 is 12.3. The van der Waals surface area contributed by atoms with Gasteiger partial charge in [0.2, 0.25) is 4.96 Å². The number of rotatable bonds is 5. The molecule has 3 aromatic rings.